The molecule has 7 heteroatoms. The Bertz CT molecular complexity index is 895. The van der Waals surface area contributed by atoms with Crippen LogP contribution in [0.5, 0.6) is 5.75 Å². The second-order valence-electron chi connectivity index (χ2n) is 7.13. The van der Waals surface area contributed by atoms with Crippen LogP contribution in [0.3, 0.4) is 0 Å². The van der Waals surface area contributed by atoms with Crippen LogP contribution >= 0.6 is 0 Å². The van der Waals surface area contributed by atoms with E-state index in [4.69, 9.17) is 14.2 Å². The lowest BCUT2D eigenvalue weighted by Gasteiger charge is -2.13. The van der Waals surface area contributed by atoms with E-state index in [0.29, 0.717) is 28.5 Å². The molecule has 7 nitrogen and oxygen atoms in total. The van der Waals surface area contributed by atoms with E-state index >= 15 is 0 Å². The topological polar surface area (TPSA) is 94.7 Å². The van der Waals surface area contributed by atoms with Gasteiger partial charge in [0, 0.05) is 5.69 Å². The first kappa shape index (κ1) is 22.2. The molecular weight excluding hydrogens is 374 g/mol. The molecule has 0 aliphatic carbocycles. The summed E-state index contributed by atoms with van der Waals surface area (Å²) in [5, 5.41) is 0. The van der Waals surface area contributed by atoms with Crippen LogP contribution in [-0.4, -0.2) is 42.5 Å². The summed E-state index contributed by atoms with van der Waals surface area (Å²) in [6.45, 7) is 8.66. The molecule has 1 aromatic heterocycles. The van der Waals surface area contributed by atoms with Gasteiger partial charge in [-0.3, -0.25) is 4.79 Å². The van der Waals surface area contributed by atoms with Crippen molar-refractivity contribution in [3.05, 3.63) is 52.3 Å². The van der Waals surface area contributed by atoms with Gasteiger partial charge in [-0.15, -0.1) is 0 Å². The number of rotatable bonds is 8. The van der Waals surface area contributed by atoms with Crippen molar-refractivity contribution >= 4 is 17.7 Å². The van der Waals surface area contributed by atoms with Gasteiger partial charge >= 0.3 is 11.9 Å². The van der Waals surface area contributed by atoms with Crippen LogP contribution in [0, 0.1) is 13.8 Å². The zero-order valence-corrected chi connectivity index (χ0v) is 17.6. The molecule has 0 fully saturated rings. The Morgan fingerprint density at radius 1 is 1.03 bits per heavy atom. The zero-order valence-electron chi connectivity index (χ0n) is 17.6. The lowest BCUT2D eigenvalue weighted by molar-refractivity contribution is -0.148. The van der Waals surface area contributed by atoms with Gasteiger partial charge in [0.1, 0.15) is 5.75 Å². The lowest BCUT2D eigenvalue weighted by atomic mass is 10.0. The number of hydrogen-bond donors (Lipinski definition) is 1. The van der Waals surface area contributed by atoms with Gasteiger partial charge in [0.05, 0.1) is 18.4 Å². The predicted molar refractivity (Wildman–Crippen MR) is 108 cm³/mol. The minimum absolute atomic E-state index is 0.216. The standard InChI is InChI=1S/C22H27NO6/c1-12(2)16-7-9-17(10-8-16)28-11-18(24)29-15(5)21(25)20-13(3)19(14(4)23-20)22(26)27-6/h7-10,12,15,23H,11H2,1-6H3/t15-/m0/s1. The molecule has 0 bridgehead atoms. The Morgan fingerprint density at radius 3 is 2.21 bits per heavy atom. The Balaban J connectivity index is 1.97. The van der Waals surface area contributed by atoms with Crippen LogP contribution < -0.4 is 4.74 Å². The summed E-state index contributed by atoms with van der Waals surface area (Å²) < 4.78 is 15.4. The lowest BCUT2D eigenvalue weighted by Crippen LogP contribution is -2.28. The van der Waals surface area contributed by atoms with Crippen molar-refractivity contribution < 1.29 is 28.6 Å². The van der Waals surface area contributed by atoms with E-state index in [1.54, 1.807) is 26.0 Å². The van der Waals surface area contributed by atoms with E-state index in [9.17, 15) is 14.4 Å². The zero-order chi connectivity index (χ0) is 21.7. The number of H-pyrrole nitrogens is 1. The van der Waals surface area contributed by atoms with Crippen molar-refractivity contribution in [2.75, 3.05) is 13.7 Å². The summed E-state index contributed by atoms with van der Waals surface area (Å²) in [4.78, 5) is 39.5. The van der Waals surface area contributed by atoms with E-state index in [1.807, 2.05) is 12.1 Å². The van der Waals surface area contributed by atoms with Crippen LogP contribution in [-0.2, 0) is 14.3 Å². The fraction of sp³-hybridized carbons (Fsp3) is 0.409. The third kappa shape index (κ3) is 5.25. The smallest absolute Gasteiger partial charge is 0.344 e. The maximum atomic E-state index is 12.7. The second kappa shape index (κ2) is 9.41. The number of aryl methyl sites for hydroxylation is 1. The number of aromatic nitrogens is 1. The molecule has 156 valence electrons. The summed E-state index contributed by atoms with van der Waals surface area (Å²) in [7, 11) is 1.27. The van der Waals surface area contributed by atoms with Crippen LogP contribution in [0.15, 0.2) is 24.3 Å². The summed E-state index contributed by atoms with van der Waals surface area (Å²) >= 11 is 0. The molecule has 1 aromatic carbocycles. The van der Waals surface area contributed by atoms with Gasteiger partial charge < -0.3 is 19.2 Å². The fourth-order valence-corrected chi connectivity index (χ4v) is 2.98. The van der Waals surface area contributed by atoms with E-state index in [2.05, 4.69) is 18.8 Å². The average molecular weight is 401 g/mol. The maximum Gasteiger partial charge on any atom is 0.344 e. The van der Waals surface area contributed by atoms with Gasteiger partial charge in [0.25, 0.3) is 0 Å². The molecule has 0 unspecified atom stereocenters. The number of hydrogen-bond acceptors (Lipinski definition) is 6. The minimum atomic E-state index is -1.03. The summed E-state index contributed by atoms with van der Waals surface area (Å²) in [5.74, 6) is -0.676. The third-order valence-electron chi connectivity index (χ3n) is 4.65. The summed E-state index contributed by atoms with van der Waals surface area (Å²) in [5.41, 5.74) is 2.67. The van der Waals surface area contributed by atoms with E-state index in [1.165, 1.54) is 19.6 Å². The number of ether oxygens (including phenoxy) is 3. The fourth-order valence-electron chi connectivity index (χ4n) is 2.98. The highest BCUT2D eigenvalue weighted by atomic mass is 16.6. The number of Topliss-reactive ketones (excluding diaryl/α,β-unsaturated/α-hetero) is 1. The largest absolute Gasteiger partial charge is 0.482 e. The number of nitrogens with one attached hydrogen (secondary N) is 1. The molecule has 29 heavy (non-hydrogen) atoms. The van der Waals surface area contributed by atoms with Gasteiger partial charge in [-0.1, -0.05) is 26.0 Å². The SMILES string of the molecule is COC(=O)c1c(C)[nH]c(C(=O)[C@H](C)OC(=O)COc2ccc(C(C)C)cc2)c1C. The van der Waals surface area contributed by atoms with Gasteiger partial charge in [-0.2, -0.15) is 0 Å². The molecule has 0 aliphatic heterocycles. The highest BCUT2D eigenvalue weighted by Crippen LogP contribution is 2.21. The van der Waals surface area contributed by atoms with Crippen molar-refractivity contribution in [2.24, 2.45) is 0 Å². The number of aromatic amines is 1. The molecule has 0 saturated heterocycles. The van der Waals surface area contributed by atoms with Crippen LogP contribution in [0.25, 0.3) is 0 Å². The molecule has 0 aliphatic rings. The van der Waals surface area contributed by atoms with Crippen molar-refractivity contribution in [1.29, 1.82) is 0 Å². The number of ketones is 1. The van der Waals surface area contributed by atoms with Gasteiger partial charge in [0.2, 0.25) is 5.78 Å². The summed E-state index contributed by atoms with van der Waals surface area (Å²) in [6, 6.07) is 7.45. The monoisotopic (exact) mass is 401 g/mol. The van der Waals surface area contributed by atoms with Crippen LogP contribution in [0.1, 0.15) is 64.4 Å². The van der Waals surface area contributed by atoms with Crippen molar-refractivity contribution in [1.82, 2.24) is 4.98 Å². The number of esters is 2. The van der Waals surface area contributed by atoms with E-state index < -0.39 is 23.8 Å². The van der Waals surface area contributed by atoms with Gasteiger partial charge in [-0.25, -0.2) is 9.59 Å². The molecule has 1 N–H and O–H groups in total. The van der Waals surface area contributed by atoms with Crippen LogP contribution in [0.2, 0.25) is 0 Å². The van der Waals surface area contributed by atoms with Gasteiger partial charge in [-0.05, 0) is 49.9 Å². The molecule has 2 aromatic rings. The summed E-state index contributed by atoms with van der Waals surface area (Å²) in [6.07, 6.45) is -1.03. The number of methoxy groups -OCH3 is 1. The Morgan fingerprint density at radius 2 is 1.66 bits per heavy atom. The second-order valence-corrected chi connectivity index (χ2v) is 7.13. The highest BCUT2D eigenvalue weighted by Gasteiger charge is 2.27. The molecule has 0 spiro atoms. The highest BCUT2D eigenvalue weighted by molar-refractivity contribution is 6.03. The Labute approximate surface area is 170 Å². The predicted octanol–water partition coefficient (Wildman–Crippen LogP) is 3.73. The third-order valence-corrected chi connectivity index (χ3v) is 4.65. The first-order valence-corrected chi connectivity index (χ1v) is 9.39. The molecule has 0 radical (unpaired) electrons. The van der Waals surface area contributed by atoms with Crippen molar-refractivity contribution in [3.8, 4) is 5.75 Å². The molecule has 2 rings (SSSR count). The molecule has 0 amide bonds. The molecule has 1 heterocycles. The van der Waals surface area contributed by atoms with Crippen molar-refractivity contribution in [3.63, 3.8) is 0 Å². The van der Waals surface area contributed by atoms with E-state index in [-0.39, 0.29) is 12.3 Å². The minimum Gasteiger partial charge on any atom is -0.482 e. The van der Waals surface area contributed by atoms with Crippen molar-refractivity contribution in [2.45, 2.75) is 46.6 Å². The number of carbonyl (C=O) groups excluding carboxylic acids is 3. The number of benzene rings is 1. The van der Waals surface area contributed by atoms with Crippen LogP contribution in [0.4, 0.5) is 0 Å². The van der Waals surface area contributed by atoms with E-state index in [0.717, 1.165) is 0 Å². The molecule has 0 saturated carbocycles. The molecular formula is C22H27NO6. The quantitative estimate of drug-likeness (QED) is 0.535. The number of carbonyl (C=O) groups is 3. The first-order valence-electron chi connectivity index (χ1n) is 9.39. The average Bonchev–Trinajstić information content (AvgIpc) is 2.99. The first-order chi connectivity index (χ1) is 13.6. The Hall–Kier alpha value is -3.09. The maximum absolute atomic E-state index is 12.7. The van der Waals surface area contributed by atoms with Gasteiger partial charge in [0.15, 0.2) is 12.7 Å². The normalized spacial score (nSPS) is 11.8. The molecule has 1 atom stereocenters. The Kier molecular flexibility index (Phi) is 7.20.